The highest BCUT2D eigenvalue weighted by atomic mass is 79.9. The summed E-state index contributed by atoms with van der Waals surface area (Å²) in [6.07, 6.45) is 0. The third kappa shape index (κ3) is 3.84. The number of aromatic carboxylic acids is 1. The molecule has 0 spiro atoms. The van der Waals surface area contributed by atoms with E-state index in [9.17, 15) is 13.2 Å². The van der Waals surface area contributed by atoms with E-state index in [4.69, 9.17) is 5.11 Å². The van der Waals surface area contributed by atoms with Crippen molar-refractivity contribution in [1.82, 2.24) is 0 Å². The Bertz CT molecular complexity index is 788. The number of hydrogen-bond acceptors (Lipinski definition) is 3. The van der Waals surface area contributed by atoms with E-state index in [2.05, 4.69) is 36.6 Å². The minimum absolute atomic E-state index is 0.0117. The fraction of sp³-hybridized carbons (Fsp3) is 0. The number of carbonyl (C=O) groups is 1. The minimum Gasteiger partial charge on any atom is -0.478 e. The number of carboxylic acid groups (broad SMARTS) is 1. The number of anilines is 1. The smallest absolute Gasteiger partial charge is 0.335 e. The number of carboxylic acids is 1. The predicted octanol–water partition coefficient (Wildman–Crippen LogP) is 3.71. The van der Waals surface area contributed by atoms with Gasteiger partial charge < -0.3 is 5.11 Å². The number of halogens is 2. The summed E-state index contributed by atoms with van der Waals surface area (Å²) in [5, 5.41) is 8.80. The molecule has 0 bridgehead atoms. The van der Waals surface area contributed by atoms with Crippen LogP contribution in [0, 0.1) is 0 Å². The normalized spacial score (nSPS) is 11.1. The predicted molar refractivity (Wildman–Crippen MR) is 86.1 cm³/mol. The van der Waals surface area contributed by atoms with E-state index in [-0.39, 0.29) is 10.5 Å². The lowest BCUT2D eigenvalue weighted by molar-refractivity contribution is 0.0697. The van der Waals surface area contributed by atoms with E-state index < -0.39 is 16.0 Å². The Kier molecular flexibility index (Phi) is 4.70. The number of sulfonamides is 1. The molecule has 0 atom stereocenters. The lowest BCUT2D eigenvalue weighted by atomic mass is 10.2. The molecular formula is C13H9Br2NO4S. The Balaban J connectivity index is 2.31. The van der Waals surface area contributed by atoms with E-state index in [0.717, 1.165) is 4.47 Å². The highest BCUT2D eigenvalue weighted by molar-refractivity contribution is 9.11. The van der Waals surface area contributed by atoms with Crippen LogP contribution >= 0.6 is 31.9 Å². The molecule has 0 aliphatic carbocycles. The molecule has 0 radical (unpaired) electrons. The van der Waals surface area contributed by atoms with Gasteiger partial charge in [-0.3, -0.25) is 4.72 Å². The van der Waals surface area contributed by atoms with Crippen LogP contribution in [0.4, 0.5) is 5.69 Å². The second kappa shape index (κ2) is 6.17. The quantitative estimate of drug-likeness (QED) is 0.768. The van der Waals surface area contributed by atoms with Crippen LogP contribution in [0.15, 0.2) is 56.3 Å². The standard InChI is InChI=1S/C13H9Br2NO4S/c14-9-3-6-12(11(15)7-9)16-21(19,20)10-4-1-8(2-5-10)13(17)18/h1-7,16H,(H,17,18). The number of hydrogen-bond donors (Lipinski definition) is 2. The van der Waals surface area contributed by atoms with Gasteiger partial charge in [0.2, 0.25) is 0 Å². The zero-order chi connectivity index (χ0) is 15.6. The van der Waals surface area contributed by atoms with Crippen molar-refractivity contribution in [3.05, 3.63) is 57.0 Å². The van der Waals surface area contributed by atoms with Crippen LogP contribution in [0.1, 0.15) is 10.4 Å². The molecule has 0 amide bonds. The summed E-state index contributed by atoms with van der Waals surface area (Å²) < 4.78 is 28.3. The van der Waals surface area contributed by atoms with Crippen molar-refractivity contribution in [2.45, 2.75) is 4.90 Å². The van der Waals surface area contributed by atoms with Crippen LogP contribution in [0.25, 0.3) is 0 Å². The molecule has 5 nitrogen and oxygen atoms in total. The summed E-state index contributed by atoms with van der Waals surface area (Å²) in [5.74, 6) is -1.11. The highest BCUT2D eigenvalue weighted by Gasteiger charge is 2.16. The number of benzene rings is 2. The van der Waals surface area contributed by atoms with Crippen molar-refractivity contribution in [2.24, 2.45) is 0 Å². The summed E-state index contributed by atoms with van der Waals surface area (Å²) in [6, 6.07) is 10.0. The van der Waals surface area contributed by atoms with Gasteiger partial charge in [-0.15, -0.1) is 0 Å². The largest absolute Gasteiger partial charge is 0.478 e. The number of rotatable bonds is 4. The van der Waals surface area contributed by atoms with Crippen molar-refractivity contribution in [3.8, 4) is 0 Å². The first-order valence-corrected chi connectivity index (χ1v) is 8.68. The van der Waals surface area contributed by atoms with Crippen LogP contribution in [0.2, 0.25) is 0 Å². The fourth-order valence-corrected chi connectivity index (χ4v) is 3.91. The van der Waals surface area contributed by atoms with Gasteiger partial charge in [-0.1, -0.05) is 15.9 Å². The topological polar surface area (TPSA) is 83.5 Å². The summed E-state index contributed by atoms with van der Waals surface area (Å²) in [7, 11) is -3.78. The van der Waals surface area contributed by atoms with Crippen molar-refractivity contribution < 1.29 is 18.3 Å². The molecule has 0 aliphatic rings. The van der Waals surface area contributed by atoms with Gasteiger partial charge in [0.05, 0.1) is 16.1 Å². The Morgan fingerprint density at radius 3 is 2.19 bits per heavy atom. The lowest BCUT2D eigenvalue weighted by Crippen LogP contribution is -2.13. The molecule has 0 saturated carbocycles. The van der Waals surface area contributed by atoms with Crippen LogP contribution in [0.3, 0.4) is 0 Å². The second-order valence-corrected chi connectivity index (χ2v) is 7.51. The van der Waals surface area contributed by atoms with Crippen molar-refractivity contribution in [3.63, 3.8) is 0 Å². The van der Waals surface area contributed by atoms with Gasteiger partial charge in [0, 0.05) is 8.95 Å². The highest BCUT2D eigenvalue weighted by Crippen LogP contribution is 2.28. The Labute approximate surface area is 138 Å². The second-order valence-electron chi connectivity index (χ2n) is 4.06. The molecule has 0 unspecified atom stereocenters. The first-order chi connectivity index (χ1) is 9.79. The average molecular weight is 435 g/mol. The van der Waals surface area contributed by atoms with Gasteiger partial charge in [-0.25, -0.2) is 13.2 Å². The third-order valence-corrected chi connectivity index (χ3v) is 5.12. The van der Waals surface area contributed by atoms with Crippen molar-refractivity contribution in [2.75, 3.05) is 4.72 Å². The molecule has 2 aromatic rings. The maximum atomic E-state index is 12.2. The molecule has 0 aliphatic heterocycles. The van der Waals surface area contributed by atoms with Crippen LogP contribution < -0.4 is 4.72 Å². The van der Waals surface area contributed by atoms with E-state index in [1.165, 1.54) is 24.3 Å². The van der Waals surface area contributed by atoms with Gasteiger partial charge in [-0.05, 0) is 58.4 Å². The number of nitrogens with one attached hydrogen (secondary N) is 1. The molecule has 2 N–H and O–H groups in total. The van der Waals surface area contributed by atoms with E-state index in [0.29, 0.717) is 10.2 Å². The van der Waals surface area contributed by atoms with Gasteiger partial charge in [-0.2, -0.15) is 0 Å². The monoisotopic (exact) mass is 433 g/mol. The molecule has 110 valence electrons. The maximum absolute atomic E-state index is 12.2. The maximum Gasteiger partial charge on any atom is 0.335 e. The van der Waals surface area contributed by atoms with E-state index >= 15 is 0 Å². The van der Waals surface area contributed by atoms with Gasteiger partial charge in [0.25, 0.3) is 10.0 Å². The van der Waals surface area contributed by atoms with Crippen molar-refractivity contribution in [1.29, 1.82) is 0 Å². The minimum atomic E-state index is -3.78. The first-order valence-electron chi connectivity index (χ1n) is 5.61. The lowest BCUT2D eigenvalue weighted by Gasteiger charge is -2.10. The van der Waals surface area contributed by atoms with Gasteiger partial charge >= 0.3 is 5.97 Å². The third-order valence-electron chi connectivity index (χ3n) is 2.59. The van der Waals surface area contributed by atoms with Gasteiger partial charge in [0.15, 0.2) is 0 Å². The van der Waals surface area contributed by atoms with Crippen LogP contribution in [-0.4, -0.2) is 19.5 Å². The summed E-state index contributed by atoms with van der Waals surface area (Å²) >= 11 is 6.55. The van der Waals surface area contributed by atoms with Gasteiger partial charge in [0.1, 0.15) is 0 Å². The molecule has 0 saturated heterocycles. The average Bonchev–Trinajstić information content (AvgIpc) is 2.42. The zero-order valence-corrected chi connectivity index (χ0v) is 14.4. The summed E-state index contributed by atoms with van der Waals surface area (Å²) in [4.78, 5) is 10.7. The van der Waals surface area contributed by atoms with E-state index in [1.807, 2.05) is 0 Å². The SMILES string of the molecule is O=C(O)c1ccc(S(=O)(=O)Nc2ccc(Br)cc2Br)cc1. The fourth-order valence-electron chi connectivity index (χ4n) is 1.55. The van der Waals surface area contributed by atoms with Crippen LogP contribution in [0.5, 0.6) is 0 Å². The zero-order valence-electron chi connectivity index (χ0n) is 10.4. The molecule has 8 heteroatoms. The van der Waals surface area contributed by atoms with Crippen molar-refractivity contribution >= 4 is 53.5 Å². The molecule has 2 aromatic carbocycles. The molecule has 2 rings (SSSR count). The Morgan fingerprint density at radius 2 is 1.67 bits per heavy atom. The van der Waals surface area contributed by atoms with Crippen LogP contribution in [-0.2, 0) is 10.0 Å². The molecule has 21 heavy (non-hydrogen) atoms. The molecule has 0 heterocycles. The molecular weight excluding hydrogens is 426 g/mol. The summed E-state index contributed by atoms with van der Waals surface area (Å²) in [5.41, 5.74) is 0.416. The van der Waals surface area contributed by atoms with E-state index in [1.54, 1.807) is 18.2 Å². The Hall–Kier alpha value is -1.38. The molecule has 0 aromatic heterocycles. The molecule has 0 fully saturated rings. The summed E-state index contributed by atoms with van der Waals surface area (Å²) in [6.45, 7) is 0. The Morgan fingerprint density at radius 1 is 1.05 bits per heavy atom. The first kappa shape index (κ1) is 16.0.